The van der Waals surface area contributed by atoms with Crippen molar-refractivity contribution < 1.29 is 34.9 Å². The number of amidine groups is 1. The largest absolute Gasteiger partial charge is 0.446 e. The third kappa shape index (κ3) is 6.69. The maximum absolute atomic E-state index is 11.8. The molecule has 2 unspecified atom stereocenters. The number of primary amides is 1. The number of aliphatic imine (C=N–C) groups is 1. The van der Waals surface area contributed by atoms with E-state index in [2.05, 4.69) is 24.6 Å². The van der Waals surface area contributed by atoms with E-state index < -0.39 is 49.2 Å². The highest BCUT2D eigenvalue weighted by Gasteiger charge is 2.37. The molecular formula is C20H22N6O8S2. The van der Waals surface area contributed by atoms with E-state index in [-0.39, 0.29) is 17.9 Å². The summed E-state index contributed by atoms with van der Waals surface area (Å²) in [6.45, 7) is 3.26. The third-order valence-corrected chi connectivity index (χ3v) is 6.32. The Bertz CT molecular complexity index is 1460. The summed E-state index contributed by atoms with van der Waals surface area (Å²) in [6, 6.07) is 9.78. The molecule has 4 N–H and O–H groups in total. The molecule has 0 bridgehead atoms. The molecule has 1 heterocycles. The summed E-state index contributed by atoms with van der Waals surface area (Å²) < 4.78 is 69.6. The molecule has 3 rings (SSSR count). The standard InChI is InChI=1S/C20H22N6O8S2/c1-12-10-16(24-25-23-14-6-4-3-5-7-14)13(2)19(22-20(21)27)26(12)17-11-15(35(28,29)30)8-9-18(17)34-36(31,32)33/h3-9,11-13H,10H2,1-2H3,(H2,21,27)(H,28,29,30)(H,31,32,33). The van der Waals surface area contributed by atoms with Crippen LogP contribution in [0.2, 0.25) is 0 Å². The molecule has 0 radical (unpaired) electrons. The van der Waals surface area contributed by atoms with Crippen LogP contribution in [0.5, 0.6) is 5.75 Å². The number of nitrogens with two attached hydrogens (primary N) is 1. The van der Waals surface area contributed by atoms with Gasteiger partial charge in [-0.2, -0.15) is 21.8 Å². The molecule has 1 aliphatic rings. The molecule has 1 saturated heterocycles. The second kappa shape index (κ2) is 10.5. The van der Waals surface area contributed by atoms with Crippen LogP contribution < -0.4 is 14.8 Å². The van der Waals surface area contributed by atoms with Crippen LogP contribution in [0.3, 0.4) is 0 Å². The van der Waals surface area contributed by atoms with Gasteiger partial charge in [0.25, 0.3) is 10.1 Å². The van der Waals surface area contributed by atoms with Crippen molar-refractivity contribution in [1.82, 2.24) is 0 Å². The topological polar surface area (TPSA) is 214 Å². The Labute approximate surface area is 206 Å². The first-order valence-electron chi connectivity index (χ1n) is 10.2. The van der Waals surface area contributed by atoms with Crippen LogP contribution in [0.15, 0.2) is 73.9 Å². The summed E-state index contributed by atoms with van der Waals surface area (Å²) in [5.41, 5.74) is 6.07. The van der Waals surface area contributed by atoms with Crippen molar-refractivity contribution >= 4 is 49.5 Å². The van der Waals surface area contributed by atoms with E-state index in [1.165, 1.54) is 4.90 Å². The van der Waals surface area contributed by atoms with Crippen LogP contribution in [0, 0.1) is 5.92 Å². The van der Waals surface area contributed by atoms with Crippen molar-refractivity contribution in [2.45, 2.75) is 31.2 Å². The van der Waals surface area contributed by atoms with Crippen LogP contribution >= 0.6 is 0 Å². The second-order valence-electron chi connectivity index (χ2n) is 7.69. The number of piperidine rings is 1. The molecule has 0 aliphatic carbocycles. The van der Waals surface area contributed by atoms with Crippen molar-refractivity contribution in [2.75, 3.05) is 4.90 Å². The van der Waals surface area contributed by atoms with Crippen molar-refractivity contribution in [3.63, 3.8) is 0 Å². The number of hydrogen-bond donors (Lipinski definition) is 3. The van der Waals surface area contributed by atoms with E-state index >= 15 is 0 Å². The lowest BCUT2D eigenvalue weighted by molar-refractivity contribution is 0.256. The smallest absolute Gasteiger partial charge is 0.360 e. The zero-order valence-electron chi connectivity index (χ0n) is 19.0. The quantitative estimate of drug-likeness (QED) is 0.279. The number of carbonyl (C=O) groups excluding carboxylic acids is 1. The molecule has 2 aromatic carbocycles. The normalized spacial score (nSPS) is 21.3. The van der Waals surface area contributed by atoms with Crippen LogP contribution in [0.1, 0.15) is 20.3 Å². The van der Waals surface area contributed by atoms with Crippen molar-refractivity contribution in [1.29, 1.82) is 0 Å². The lowest BCUT2D eigenvalue weighted by atomic mass is 9.90. The number of rotatable bonds is 6. The zero-order chi connectivity index (χ0) is 26.7. The highest BCUT2D eigenvalue weighted by Crippen LogP contribution is 2.37. The van der Waals surface area contributed by atoms with Gasteiger partial charge >= 0.3 is 16.4 Å². The van der Waals surface area contributed by atoms with Gasteiger partial charge in [-0.3, -0.25) is 9.11 Å². The first-order valence-corrected chi connectivity index (χ1v) is 13.0. The van der Waals surface area contributed by atoms with Crippen LogP contribution in [-0.4, -0.2) is 49.6 Å². The summed E-state index contributed by atoms with van der Waals surface area (Å²) in [5.74, 6) is -1.26. The lowest BCUT2D eigenvalue weighted by Gasteiger charge is -2.40. The van der Waals surface area contributed by atoms with Gasteiger partial charge in [0.2, 0.25) is 0 Å². The lowest BCUT2D eigenvalue weighted by Crippen LogP contribution is -2.51. The maximum Gasteiger partial charge on any atom is 0.446 e. The number of urea groups is 1. The van der Waals surface area contributed by atoms with Crippen LogP contribution in [0.25, 0.3) is 0 Å². The number of amides is 2. The molecule has 2 amide bonds. The summed E-state index contributed by atoms with van der Waals surface area (Å²) in [6.07, 6.45) is 0.189. The van der Waals surface area contributed by atoms with E-state index in [1.54, 1.807) is 38.1 Å². The predicted octanol–water partition coefficient (Wildman–Crippen LogP) is 2.97. The fourth-order valence-corrected chi connectivity index (χ4v) is 4.43. The fourth-order valence-electron chi connectivity index (χ4n) is 3.56. The summed E-state index contributed by atoms with van der Waals surface area (Å²) in [4.78, 5) is 16.3. The van der Waals surface area contributed by atoms with Gasteiger partial charge in [0.05, 0.1) is 27.9 Å². The van der Waals surface area contributed by atoms with Gasteiger partial charge < -0.3 is 14.8 Å². The molecule has 0 aromatic heterocycles. The Balaban J connectivity index is 2.12. The molecule has 2 aromatic rings. The van der Waals surface area contributed by atoms with Gasteiger partial charge in [-0.1, -0.05) is 18.2 Å². The van der Waals surface area contributed by atoms with Gasteiger partial charge in [-0.05, 0) is 49.4 Å². The highest BCUT2D eigenvalue weighted by molar-refractivity contribution is 7.85. The number of anilines is 1. The molecule has 0 spiro atoms. The van der Waals surface area contributed by atoms with E-state index in [9.17, 15) is 30.7 Å². The fraction of sp³-hybridized carbons (Fsp3) is 0.250. The number of nitrogens with zero attached hydrogens (tertiary/aromatic N) is 5. The van der Waals surface area contributed by atoms with Gasteiger partial charge in [-0.25, -0.2) is 4.79 Å². The Hall–Kier alpha value is -3.73. The van der Waals surface area contributed by atoms with Gasteiger partial charge in [0.15, 0.2) is 5.75 Å². The predicted molar refractivity (Wildman–Crippen MR) is 130 cm³/mol. The number of carbonyl (C=O) groups is 1. The summed E-state index contributed by atoms with van der Waals surface area (Å²) in [5, 5.41) is 12.0. The molecule has 1 fully saturated rings. The van der Waals surface area contributed by atoms with E-state index in [0.717, 1.165) is 18.2 Å². The monoisotopic (exact) mass is 538 g/mol. The first kappa shape index (κ1) is 26.9. The average Bonchev–Trinajstić information content (AvgIpc) is 2.76. The Kier molecular flexibility index (Phi) is 7.83. The van der Waals surface area contributed by atoms with Gasteiger partial charge in [0.1, 0.15) is 5.84 Å². The molecular weight excluding hydrogens is 516 g/mol. The van der Waals surface area contributed by atoms with E-state index in [0.29, 0.717) is 11.4 Å². The third-order valence-electron chi connectivity index (χ3n) is 5.08. The molecule has 16 heteroatoms. The Morgan fingerprint density at radius 3 is 2.33 bits per heavy atom. The Morgan fingerprint density at radius 2 is 1.75 bits per heavy atom. The summed E-state index contributed by atoms with van der Waals surface area (Å²) >= 11 is 0. The number of hydrogen-bond acceptors (Lipinski definition) is 8. The highest BCUT2D eigenvalue weighted by atomic mass is 32.3. The SMILES string of the molecule is CC1C(=NN=Nc2ccccc2)CC(C)N(c2cc(S(=O)(=O)O)ccc2OS(=O)(=O)O)C1=NC(N)=O. The Morgan fingerprint density at radius 1 is 1.08 bits per heavy atom. The van der Waals surface area contributed by atoms with Gasteiger partial charge in [0, 0.05) is 12.5 Å². The van der Waals surface area contributed by atoms with Crippen LogP contribution in [0.4, 0.5) is 16.2 Å². The molecule has 36 heavy (non-hydrogen) atoms. The average molecular weight is 539 g/mol. The van der Waals surface area contributed by atoms with Crippen molar-refractivity contribution in [3.8, 4) is 5.75 Å². The molecule has 0 saturated carbocycles. The molecule has 192 valence electrons. The summed E-state index contributed by atoms with van der Waals surface area (Å²) in [7, 11) is -9.75. The van der Waals surface area contributed by atoms with E-state index in [1.807, 2.05) is 6.07 Å². The minimum absolute atomic E-state index is 0.0393. The first-order chi connectivity index (χ1) is 16.8. The van der Waals surface area contributed by atoms with E-state index in [4.69, 9.17) is 5.73 Å². The van der Waals surface area contributed by atoms with Crippen LogP contribution in [-0.2, 0) is 20.5 Å². The van der Waals surface area contributed by atoms with Gasteiger partial charge in [-0.15, -0.1) is 10.2 Å². The minimum Gasteiger partial charge on any atom is -0.360 e. The molecule has 14 nitrogen and oxygen atoms in total. The van der Waals surface area contributed by atoms with Crippen molar-refractivity contribution in [3.05, 3.63) is 48.5 Å². The maximum atomic E-state index is 11.8. The van der Waals surface area contributed by atoms with Crippen molar-refractivity contribution in [2.24, 2.45) is 32.1 Å². The minimum atomic E-state index is -5.03. The number of benzene rings is 2. The molecule has 2 atom stereocenters. The second-order valence-corrected chi connectivity index (χ2v) is 10.1. The molecule has 1 aliphatic heterocycles. The zero-order valence-corrected chi connectivity index (χ0v) is 20.6.